The molecular formula is C23H20N2O5. The van der Waals surface area contributed by atoms with E-state index in [-0.39, 0.29) is 17.2 Å². The number of para-hydroxylation sites is 2. The molecule has 0 aromatic heterocycles. The Morgan fingerprint density at radius 1 is 0.967 bits per heavy atom. The van der Waals surface area contributed by atoms with Gasteiger partial charge in [0, 0.05) is 16.9 Å². The number of ether oxygens (including phenoxy) is 2. The first-order chi connectivity index (χ1) is 14.6. The zero-order chi connectivity index (χ0) is 21.3. The van der Waals surface area contributed by atoms with Crippen LogP contribution in [0.25, 0.3) is 0 Å². The minimum absolute atomic E-state index is 0.0672. The summed E-state index contributed by atoms with van der Waals surface area (Å²) in [6.07, 6.45) is -0.763. The Morgan fingerprint density at radius 2 is 1.67 bits per heavy atom. The van der Waals surface area contributed by atoms with Crippen LogP contribution in [-0.2, 0) is 0 Å². The largest absolute Gasteiger partial charge is 0.493 e. The summed E-state index contributed by atoms with van der Waals surface area (Å²) in [5, 5.41) is 13.3. The minimum Gasteiger partial charge on any atom is -0.493 e. The quantitative estimate of drug-likeness (QED) is 0.664. The fraction of sp³-hybridized carbons (Fsp3) is 0.130. The molecule has 152 valence electrons. The van der Waals surface area contributed by atoms with Gasteiger partial charge in [-0.25, -0.2) is 4.79 Å². The second-order valence-corrected chi connectivity index (χ2v) is 6.67. The number of nitrogens with one attached hydrogen (secondary N) is 1. The van der Waals surface area contributed by atoms with Gasteiger partial charge in [0.15, 0.2) is 11.5 Å². The Kier molecular flexibility index (Phi) is 5.02. The van der Waals surface area contributed by atoms with Gasteiger partial charge >= 0.3 is 5.97 Å². The highest BCUT2D eigenvalue weighted by Crippen LogP contribution is 2.42. The maximum Gasteiger partial charge on any atom is 0.340 e. The Labute approximate surface area is 173 Å². The number of carboxylic acid groups (broad SMARTS) is 1. The Balaban J connectivity index is 1.96. The first-order valence-corrected chi connectivity index (χ1v) is 9.29. The lowest BCUT2D eigenvalue weighted by molar-refractivity contribution is 0.0689. The van der Waals surface area contributed by atoms with E-state index in [9.17, 15) is 14.7 Å². The van der Waals surface area contributed by atoms with Gasteiger partial charge < -0.3 is 19.9 Å². The van der Waals surface area contributed by atoms with Gasteiger partial charge in [-0.2, -0.15) is 0 Å². The summed E-state index contributed by atoms with van der Waals surface area (Å²) in [6.45, 7) is 0. The molecule has 0 spiro atoms. The van der Waals surface area contributed by atoms with Crippen molar-refractivity contribution in [2.75, 3.05) is 24.4 Å². The Bertz CT molecular complexity index is 1110. The SMILES string of the molecule is COc1ccc([C@H]2Nc3ccccc3C(=O)N2c2ccccc2)c(C(=O)O)c1OC. The van der Waals surface area contributed by atoms with Crippen molar-refractivity contribution in [3.05, 3.63) is 83.4 Å². The number of hydrogen-bond donors (Lipinski definition) is 2. The van der Waals surface area contributed by atoms with Crippen LogP contribution in [-0.4, -0.2) is 31.2 Å². The van der Waals surface area contributed by atoms with Gasteiger partial charge in [-0.05, 0) is 30.3 Å². The summed E-state index contributed by atoms with van der Waals surface area (Å²) in [6, 6.07) is 19.5. The van der Waals surface area contributed by atoms with Crippen molar-refractivity contribution in [2.45, 2.75) is 6.17 Å². The molecule has 3 aromatic rings. The number of fused-ring (bicyclic) bond motifs is 1. The van der Waals surface area contributed by atoms with E-state index in [0.29, 0.717) is 28.3 Å². The molecule has 0 fully saturated rings. The highest BCUT2D eigenvalue weighted by molar-refractivity contribution is 6.12. The second-order valence-electron chi connectivity index (χ2n) is 6.67. The van der Waals surface area contributed by atoms with Crippen molar-refractivity contribution in [3.8, 4) is 11.5 Å². The molecule has 2 N–H and O–H groups in total. The molecule has 0 bridgehead atoms. The van der Waals surface area contributed by atoms with E-state index >= 15 is 0 Å². The average Bonchev–Trinajstić information content (AvgIpc) is 2.78. The lowest BCUT2D eigenvalue weighted by Crippen LogP contribution is -2.43. The highest BCUT2D eigenvalue weighted by atomic mass is 16.5. The normalized spacial score (nSPS) is 15.2. The van der Waals surface area contributed by atoms with Crippen LogP contribution in [0.1, 0.15) is 32.4 Å². The third-order valence-electron chi connectivity index (χ3n) is 5.05. The van der Waals surface area contributed by atoms with Gasteiger partial charge in [0.2, 0.25) is 0 Å². The van der Waals surface area contributed by atoms with E-state index in [1.54, 1.807) is 35.2 Å². The maximum absolute atomic E-state index is 13.4. The smallest absolute Gasteiger partial charge is 0.340 e. The van der Waals surface area contributed by atoms with E-state index in [4.69, 9.17) is 9.47 Å². The van der Waals surface area contributed by atoms with Crippen LogP contribution in [0.3, 0.4) is 0 Å². The summed E-state index contributed by atoms with van der Waals surface area (Å²) in [7, 11) is 2.83. The first kappa shape index (κ1) is 19.3. The molecule has 0 saturated heterocycles. The third kappa shape index (κ3) is 3.10. The van der Waals surface area contributed by atoms with Crippen molar-refractivity contribution >= 4 is 23.3 Å². The molecular weight excluding hydrogens is 384 g/mol. The highest BCUT2D eigenvalue weighted by Gasteiger charge is 2.37. The zero-order valence-electron chi connectivity index (χ0n) is 16.5. The van der Waals surface area contributed by atoms with E-state index in [0.717, 1.165) is 0 Å². The topological polar surface area (TPSA) is 88.1 Å². The fourth-order valence-electron chi connectivity index (χ4n) is 3.72. The monoisotopic (exact) mass is 404 g/mol. The van der Waals surface area contributed by atoms with Crippen LogP contribution in [0.2, 0.25) is 0 Å². The number of carboxylic acids is 1. The van der Waals surface area contributed by atoms with Gasteiger partial charge in [-0.3, -0.25) is 9.69 Å². The van der Waals surface area contributed by atoms with Crippen LogP contribution < -0.4 is 19.7 Å². The van der Waals surface area contributed by atoms with E-state index in [1.807, 2.05) is 36.4 Å². The number of methoxy groups -OCH3 is 2. The molecule has 1 aliphatic heterocycles. The van der Waals surface area contributed by atoms with Gasteiger partial charge in [-0.1, -0.05) is 36.4 Å². The van der Waals surface area contributed by atoms with Gasteiger partial charge in [0.25, 0.3) is 5.91 Å². The summed E-state index contributed by atoms with van der Waals surface area (Å²) in [4.78, 5) is 27.2. The van der Waals surface area contributed by atoms with Crippen LogP contribution in [0.4, 0.5) is 11.4 Å². The number of nitrogens with zero attached hydrogens (tertiary/aromatic N) is 1. The predicted octanol–water partition coefficient (Wildman–Crippen LogP) is 4.17. The van der Waals surface area contributed by atoms with Gasteiger partial charge in [-0.15, -0.1) is 0 Å². The molecule has 0 saturated carbocycles. The fourth-order valence-corrected chi connectivity index (χ4v) is 3.72. The van der Waals surface area contributed by atoms with Gasteiger partial charge in [0.1, 0.15) is 11.7 Å². The number of carbonyl (C=O) groups is 2. The molecule has 1 amide bonds. The summed E-state index contributed by atoms with van der Waals surface area (Å²) in [5.74, 6) is -1.01. The molecule has 1 aliphatic rings. The van der Waals surface area contributed by atoms with E-state index < -0.39 is 12.1 Å². The van der Waals surface area contributed by atoms with Crippen molar-refractivity contribution in [3.63, 3.8) is 0 Å². The Morgan fingerprint density at radius 3 is 2.33 bits per heavy atom. The standard InChI is InChI=1S/C23H20N2O5/c1-29-18-13-12-16(19(23(27)28)20(18)30-2)21-24-17-11-7-6-10-15(17)22(26)25(21)14-8-4-3-5-9-14/h3-13,21,24H,1-2H3,(H,27,28)/t21-/m0/s1. The predicted molar refractivity (Wildman–Crippen MR) is 113 cm³/mol. The number of benzene rings is 3. The molecule has 3 aromatic carbocycles. The lowest BCUT2D eigenvalue weighted by atomic mass is 9.97. The zero-order valence-corrected chi connectivity index (χ0v) is 16.5. The van der Waals surface area contributed by atoms with Crippen LogP contribution in [0.5, 0.6) is 11.5 Å². The molecule has 1 atom stereocenters. The van der Waals surface area contributed by atoms with Crippen molar-refractivity contribution in [1.29, 1.82) is 0 Å². The molecule has 0 unspecified atom stereocenters. The number of amides is 1. The van der Waals surface area contributed by atoms with Gasteiger partial charge in [0.05, 0.1) is 19.8 Å². The molecule has 7 heteroatoms. The van der Waals surface area contributed by atoms with E-state index in [2.05, 4.69) is 5.32 Å². The molecule has 4 rings (SSSR count). The molecule has 30 heavy (non-hydrogen) atoms. The summed E-state index contributed by atoms with van der Waals surface area (Å²) in [5.41, 5.74) is 2.09. The Hall–Kier alpha value is -4.00. The number of aromatic carboxylic acids is 1. The van der Waals surface area contributed by atoms with Crippen LogP contribution >= 0.6 is 0 Å². The molecule has 7 nitrogen and oxygen atoms in total. The van der Waals surface area contributed by atoms with Crippen molar-refractivity contribution in [2.24, 2.45) is 0 Å². The number of anilines is 2. The third-order valence-corrected chi connectivity index (χ3v) is 5.05. The van der Waals surface area contributed by atoms with Crippen molar-refractivity contribution in [1.82, 2.24) is 0 Å². The minimum atomic E-state index is -1.18. The van der Waals surface area contributed by atoms with E-state index in [1.165, 1.54) is 14.2 Å². The maximum atomic E-state index is 13.4. The van der Waals surface area contributed by atoms with Crippen molar-refractivity contribution < 1.29 is 24.2 Å². The summed E-state index contributed by atoms with van der Waals surface area (Å²) >= 11 is 0. The lowest BCUT2D eigenvalue weighted by Gasteiger charge is -2.38. The molecule has 1 heterocycles. The van der Waals surface area contributed by atoms with Crippen LogP contribution in [0, 0.1) is 0 Å². The molecule has 0 radical (unpaired) electrons. The number of rotatable bonds is 5. The number of carbonyl (C=O) groups excluding carboxylic acids is 1. The first-order valence-electron chi connectivity index (χ1n) is 9.29. The molecule has 0 aliphatic carbocycles. The number of hydrogen-bond acceptors (Lipinski definition) is 5. The van der Waals surface area contributed by atoms with Crippen LogP contribution in [0.15, 0.2) is 66.7 Å². The summed E-state index contributed by atoms with van der Waals surface area (Å²) < 4.78 is 10.6. The average molecular weight is 404 g/mol. The second kappa shape index (κ2) is 7.79.